The van der Waals surface area contributed by atoms with Crippen molar-refractivity contribution in [2.75, 3.05) is 19.8 Å². The second-order valence-electron chi connectivity index (χ2n) is 3.24. The Morgan fingerprint density at radius 2 is 2.17 bits per heavy atom. The number of hydrogen-bond acceptors (Lipinski definition) is 4. The van der Waals surface area contributed by atoms with Crippen LogP contribution in [0, 0.1) is 0 Å². The minimum Gasteiger partial charge on any atom is -0.468 e. The Morgan fingerprint density at radius 1 is 1.44 bits per heavy atom. The third-order valence-corrected chi connectivity index (χ3v) is 1.74. The van der Waals surface area contributed by atoms with E-state index in [1.807, 2.05) is 0 Å². The molecule has 0 atom stereocenters. The number of ether oxygens (including phenoxy) is 1. The van der Waals surface area contributed by atoms with Crippen molar-refractivity contribution >= 4 is 5.91 Å². The predicted molar refractivity (Wildman–Crippen MR) is 55.2 cm³/mol. The lowest BCUT2D eigenvalue weighted by atomic mass is 10.3. The Hall–Kier alpha value is -1.83. The number of aromatic nitrogens is 1. The number of hydrogen-bond donors (Lipinski definition) is 2. The number of nitrogens with one attached hydrogen (secondary N) is 1. The maximum Gasteiger partial charge on any atom is 0.422 e. The summed E-state index contributed by atoms with van der Waals surface area (Å²) < 4.78 is 40.1. The summed E-state index contributed by atoms with van der Waals surface area (Å²) in [6.07, 6.45) is -4.46. The maximum atomic E-state index is 11.9. The second kappa shape index (κ2) is 6.20. The van der Waals surface area contributed by atoms with Gasteiger partial charge in [0.05, 0.1) is 6.61 Å². The number of aliphatic hydroxyl groups is 1. The minimum atomic E-state index is -4.46. The van der Waals surface area contributed by atoms with E-state index >= 15 is 0 Å². The average Bonchev–Trinajstić information content (AvgIpc) is 2.33. The molecule has 0 saturated carbocycles. The lowest BCUT2D eigenvalue weighted by Crippen LogP contribution is -2.27. The molecule has 18 heavy (non-hydrogen) atoms. The van der Waals surface area contributed by atoms with E-state index in [9.17, 15) is 18.0 Å². The first-order valence-electron chi connectivity index (χ1n) is 4.98. The number of carbonyl (C=O) groups excluding carboxylic acids is 1. The molecule has 0 radical (unpaired) electrons. The molecule has 100 valence electrons. The van der Waals surface area contributed by atoms with Gasteiger partial charge in [0.1, 0.15) is 5.69 Å². The van der Waals surface area contributed by atoms with Crippen molar-refractivity contribution in [3.8, 4) is 5.88 Å². The molecule has 0 saturated heterocycles. The summed E-state index contributed by atoms with van der Waals surface area (Å²) in [6, 6.07) is 3.90. The minimum absolute atomic E-state index is 0.0359. The first kappa shape index (κ1) is 14.2. The zero-order chi connectivity index (χ0) is 13.6. The van der Waals surface area contributed by atoms with E-state index in [2.05, 4.69) is 15.0 Å². The van der Waals surface area contributed by atoms with Crippen molar-refractivity contribution in [3.05, 3.63) is 23.9 Å². The van der Waals surface area contributed by atoms with Crippen LogP contribution in [0.4, 0.5) is 13.2 Å². The first-order chi connectivity index (χ1) is 8.42. The molecule has 1 aromatic heterocycles. The standard InChI is InChI=1S/C10H11F3N2O3/c11-10(12,13)6-18-8-3-1-2-7(15-8)9(17)14-4-5-16/h1-3,16H,4-6H2,(H,14,17). The summed E-state index contributed by atoms with van der Waals surface area (Å²) in [7, 11) is 0. The number of aliphatic hydroxyl groups excluding tert-OH is 1. The van der Waals surface area contributed by atoms with E-state index < -0.39 is 18.7 Å². The topological polar surface area (TPSA) is 71.5 Å². The third-order valence-electron chi connectivity index (χ3n) is 1.74. The van der Waals surface area contributed by atoms with Crippen LogP contribution in [0.5, 0.6) is 5.88 Å². The highest BCUT2D eigenvalue weighted by atomic mass is 19.4. The van der Waals surface area contributed by atoms with E-state index in [0.29, 0.717) is 0 Å². The molecular formula is C10H11F3N2O3. The Morgan fingerprint density at radius 3 is 2.78 bits per heavy atom. The number of alkyl halides is 3. The fourth-order valence-corrected chi connectivity index (χ4v) is 1.04. The second-order valence-corrected chi connectivity index (χ2v) is 3.24. The summed E-state index contributed by atoms with van der Waals surface area (Å²) in [6.45, 7) is -1.67. The molecule has 0 aromatic carbocycles. The van der Waals surface area contributed by atoms with Gasteiger partial charge in [-0.3, -0.25) is 4.79 Å². The van der Waals surface area contributed by atoms with Crippen molar-refractivity contribution in [2.45, 2.75) is 6.18 Å². The number of halogens is 3. The molecule has 1 amide bonds. The average molecular weight is 264 g/mol. The van der Waals surface area contributed by atoms with Crippen molar-refractivity contribution in [1.29, 1.82) is 0 Å². The SMILES string of the molecule is O=C(NCCO)c1cccc(OCC(F)(F)F)n1. The van der Waals surface area contributed by atoms with Gasteiger partial charge in [-0.25, -0.2) is 4.98 Å². The van der Waals surface area contributed by atoms with Gasteiger partial charge < -0.3 is 15.2 Å². The van der Waals surface area contributed by atoms with Crippen LogP contribution in [0.1, 0.15) is 10.5 Å². The number of nitrogens with zero attached hydrogens (tertiary/aromatic N) is 1. The van der Waals surface area contributed by atoms with E-state index in [4.69, 9.17) is 5.11 Å². The van der Waals surface area contributed by atoms with Gasteiger partial charge in [0.15, 0.2) is 6.61 Å². The summed E-state index contributed by atoms with van der Waals surface area (Å²) >= 11 is 0. The largest absolute Gasteiger partial charge is 0.468 e. The van der Waals surface area contributed by atoms with Gasteiger partial charge in [0.25, 0.3) is 5.91 Å². The van der Waals surface area contributed by atoms with Crippen LogP contribution in [0.3, 0.4) is 0 Å². The highest BCUT2D eigenvalue weighted by molar-refractivity contribution is 5.92. The van der Waals surface area contributed by atoms with Crippen LogP contribution in [-0.4, -0.2) is 41.9 Å². The number of amides is 1. The molecule has 8 heteroatoms. The summed E-state index contributed by atoms with van der Waals surface area (Å²) in [4.78, 5) is 15.0. The summed E-state index contributed by atoms with van der Waals surface area (Å²) in [5, 5.41) is 10.8. The zero-order valence-electron chi connectivity index (χ0n) is 9.20. The van der Waals surface area contributed by atoms with Gasteiger partial charge in [0.2, 0.25) is 5.88 Å². The molecule has 1 heterocycles. The van der Waals surface area contributed by atoms with Crippen LogP contribution >= 0.6 is 0 Å². The normalized spacial score (nSPS) is 11.1. The molecule has 0 unspecified atom stereocenters. The molecule has 0 fully saturated rings. The smallest absolute Gasteiger partial charge is 0.422 e. The molecular weight excluding hydrogens is 253 g/mol. The molecule has 0 bridgehead atoms. The van der Waals surface area contributed by atoms with Gasteiger partial charge in [-0.15, -0.1) is 0 Å². The third kappa shape index (κ3) is 5.00. The molecule has 0 aliphatic rings. The van der Waals surface area contributed by atoms with Crippen LogP contribution in [0.2, 0.25) is 0 Å². The van der Waals surface area contributed by atoms with E-state index in [0.717, 1.165) is 0 Å². The molecule has 0 aliphatic heterocycles. The molecule has 1 aromatic rings. The van der Waals surface area contributed by atoms with Gasteiger partial charge >= 0.3 is 6.18 Å². The first-order valence-corrected chi connectivity index (χ1v) is 4.98. The van der Waals surface area contributed by atoms with Gasteiger partial charge in [-0.2, -0.15) is 13.2 Å². The Kier molecular flexibility index (Phi) is 4.90. The van der Waals surface area contributed by atoms with Crippen LogP contribution < -0.4 is 10.1 Å². The fraction of sp³-hybridized carbons (Fsp3) is 0.400. The Balaban J connectivity index is 2.64. The number of rotatable bonds is 5. The van der Waals surface area contributed by atoms with Crippen molar-refractivity contribution in [3.63, 3.8) is 0 Å². The van der Waals surface area contributed by atoms with Crippen LogP contribution in [-0.2, 0) is 0 Å². The number of pyridine rings is 1. The Bertz CT molecular complexity index is 410. The Labute approximate surface area is 101 Å². The van der Waals surface area contributed by atoms with E-state index in [1.165, 1.54) is 18.2 Å². The van der Waals surface area contributed by atoms with Crippen LogP contribution in [0.25, 0.3) is 0 Å². The zero-order valence-corrected chi connectivity index (χ0v) is 9.20. The van der Waals surface area contributed by atoms with Gasteiger partial charge in [0, 0.05) is 12.6 Å². The maximum absolute atomic E-state index is 11.9. The number of carbonyl (C=O) groups is 1. The lowest BCUT2D eigenvalue weighted by molar-refractivity contribution is -0.154. The highest BCUT2D eigenvalue weighted by Gasteiger charge is 2.28. The van der Waals surface area contributed by atoms with Gasteiger partial charge in [-0.05, 0) is 6.07 Å². The molecule has 5 nitrogen and oxygen atoms in total. The lowest BCUT2D eigenvalue weighted by Gasteiger charge is -2.09. The highest BCUT2D eigenvalue weighted by Crippen LogP contribution is 2.17. The van der Waals surface area contributed by atoms with E-state index in [1.54, 1.807) is 0 Å². The quantitative estimate of drug-likeness (QED) is 0.823. The predicted octanol–water partition coefficient (Wildman–Crippen LogP) is 0.745. The summed E-state index contributed by atoms with van der Waals surface area (Å²) in [5.74, 6) is -0.884. The van der Waals surface area contributed by atoms with Crippen molar-refractivity contribution in [2.24, 2.45) is 0 Å². The fourth-order valence-electron chi connectivity index (χ4n) is 1.04. The molecule has 2 N–H and O–H groups in total. The molecule has 0 spiro atoms. The monoisotopic (exact) mass is 264 g/mol. The van der Waals surface area contributed by atoms with Crippen molar-refractivity contribution < 1.29 is 27.8 Å². The molecule has 0 aliphatic carbocycles. The van der Waals surface area contributed by atoms with E-state index in [-0.39, 0.29) is 24.7 Å². The van der Waals surface area contributed by atoms with Crippen LogP contribution in [0.15, 0.2) is 18.2 Å². The molecule has 1 rings (SSSR count). The van der Waals surface area contributed by atoms with Crippen molar-refractivity contribution in [1.82, 2.24) is 10.3 Å². The van der Waals surface area contributed by atoms with Gasteiger partial charge in [-0.1, -0.05) is 6.07 Å². The summed E-state index contributed by atoms with van der Waals surface area (Å²) in [5.41, 5.74) is -0.0804.